The summed E-state index contributed by atoms with van der Waals surface area (Å²) in [6, 6.07) is 15.2. The van der Waals surface area contributed by atoms with Crippen molar-refractivity contribution in [2.24, 2.45) is 5.92 Å². The molecule has 3 nitrogen and oxygen atoms in total. The van der Waals surface area contributed by atoms with E-state index in [0.717, 1.165) is 48.2 Å². The number of hydrogen-bond donors (Lipinski definition) is 0. The smallest absolute Gasteiger partial charge is 0.236 e. The molecule has 3 aromatic rings. The first-order valence-electron chi connectivity index (χ1n) is 10.4. The van der Waals surface area contributed by atoms with E-state index in [1.54, 1.807) is 16.2 Å². The van der Waals surface area contributed by atoms with Crippen molar-refractivity contribution in [1.82, 2.24) is 4.98 Å². The van der Waals surface area contributed by atoms with Gasteiger partial charge in [0.1, 0.15) is 0 Å². The summed E-state index contributed by atoms with van der Waals surface area (Å²) in [7, 11) is 0. The van der Waals surface area contributed by atoms with Crippen LogP contribution in [-0.2, 0) is 11.2 Å². The van der Waals surface area contributed by atoms with Crippen molar-refractivity contribution in [3.63, 3.8) is 0 Å². The van der Waals surface area contributed by atoms with Gasteiger partial charge in [-0.3, -0.25) is 9.69 Å². The molecule has 1 aliphatic rings. The zero-order valence-corrected chi connectivity index (χ0v) is 19.2. The molecule has 0 spiro atoms. The maximum absolute atomic E-state index is 13.7. The van der Waals surface area contributed by atoms with Crippen LogP contribution in [0.15, 0.2) is 48.5 Å². The second-order valence-corrected chi connectivity index (χ2v) is 9.49. The molecule has 30 heavy (non-hydrogen) atoms. The van der Waals surface area contributed by atoms with Crippen molar-refractivity contribution in [3.8, 4) is 11.3 Å². The Kier molecular flexibility index (Phi) is 6.77. The maximum Gasteiger partial charge on any atom is 0.236 e. The lowest BCUT2D eigenvalue weighted by Crippen LogP contribution is -2.33. The number of carbonyl (C=O) groups is 1. The van der Waals surface area contributed by atoms with Crippen LogP contribution in [0.4, 0.5) is 10.8 Å². The normalized spacial score (nSPS) is 14.6. The number of para-hydroxylation sites is 1. The number of halogens is 2. The molecule has 1 amide bonds. The molecule has 0 radical (unpaired) electrons. The molecule has 1 saturated carbocycles. The van der Waals surface area contributed by atoms with Gasteiger partial charge in [-0.1, -0.05) is 73.7 Å². The minimum absolute atomic E-state index is 0.0166. The molecular weight excluding hydrogens is 435 g/mol. The van der Waals surface area contributed by atoms with Crippen molar-refractivity contribution in [2.45, 2.75) is 45.4 Å². The number of thiazole rings is 1. The van der Waals surface area contributed by atoms with Gasteiger partial charge in [-0.2, -0.15) is 0 Å². The van der Waals surface area contributed by atoms with Gasteiger partial charge in [0, 0.05) is 21.4 Å². The summed E-state index contributed by atoms with van der Waals surface area (Å²) in [5.74, 6) is 0.116. The number of aromatic nitrogens is 1. The van der Waals surface area contributed by atoms with Crippen LogP contribution in [0.25, 0.3) is 11.3 Å². The number of nitrogens with zero attached hydrogens (tertiary/aromatic N) is 2. The Bertz CT molecular complexity index is 1030. The molecule has 0 aliphatic heterocycles. The van der Waals surface area contributed by atoms with Gasteiger partial charge in [-0.05, 0) is 43.5 Å². The van der Waals surface area contributed by atoms with Crippen LogP contribution >= 0.6 is 34.5 Å². The highest BCUT2D eigenvalue weighted by Crippen LogP contribution is 2.41. The topological polar surface area (TPSA) is 33.2 Å². The van der Waals surface area contributed by atoms with Crippen LogP contribution in [0.3, 0.4) is 0 Å². The molecule has 1 aliphatic carbocycles. The fraction of sp³-hybridized carbons (Fsp3) is 0.333. The third-order valence-electron chi connectivity index (χ3n) is 5.58. The summed E-state index contributed by atoms with van der Waals surface area (Å²) < 4.78 is 0. The largest absolute Gasteiger partial charge is 0.274 e. The van der Waals surface area contributed by atoms with Crippen molar-refractivity contribution in [1.29, 1.82) is 0 Å². The molecule has 0 bridgehead atoms. The van der Waals surface area contributed by atoms with Crippen molar-refractivity contribution >= 4 is 51.3 Å². The second kappa shape index (κ2) is 9.51. The van der Waals surface area contributed by atoms with Crippen LogP contribution in [0.2, 0.25) is 10.0 Å². The van der Waals surface area contributed by atoms with Crippen molar-refractivity contribution in [2.75, 3.05) is 4.90 Å². The highest BCUT2D eigenvalue weighted by Gasteiger charge is 2.31. The number of amides is 1. The van der Waals surface area contributed by atoms with E-state index in [2.05, 4.69) is 6.92 Å². The van der Waals surface area contributed by atoms with Crippen molar-refractivity contribution in [3.05, 3.63) is 63.5 Å². The summed E-state index contributed by atoms with van der Waals surface area (Å²) in [6.45, 7) is 2.11. The quantitative estimate of drug-likeness (QED) is 0.388. The summed E-state index contributed by atoms with van der Waals surface area (Å²) in [5.41, 5.74) is 2.61. The molecule has 2 aromatic carbocycles. The van der Waals surface area contributed by atoms with Crippen LogP contribution < -0.4 is 4.90 Å². The number of anilines is 2. The Labute approximate surface area is 191 Å². The number of benzene rings is 2. The van der Waals surface area contributed by atoms with Crippen LogP contribution in [0.1, 0.15) is 43.9 Å². The van der Waals surface area contributed by atoms with E-state index in [0.29, 0.717) is 20.9 Å². The third kappa shape index (κ3) is 4.41. The van der Waals surface area contributed by atoms with E-state index in [1.807, 2.05) is 48.5 Å². The minimum Gasteiger partial charge on any atom is -0.274 e. The fourth-order valence-electron chi connectivity index (χ4n) is 3.99. The monoisotopic (exact) mass is 458 g/mol. The number of carbonyl (C=O) groups excluding carboxylic acids is 1. The van der Waals surface area contributed by atoms with Crippen molar-refractivity contribution < 1.29 is 4.79 Å². The van der Waals surface area contributed by atoms with Gasteiger partial charge < -0.3 is 0 Å². The molecule has 1 aromatic heterocycles. The van der Waals surface area contributed by atoms with E-state index in [9.17, 15) is 4.79 Å². The van der Waals surface area contributed by atoms with Gasteiger partial charge in [-0.15, -0.1) is 11.3 Å². The zero-order valence-electron chi connectivity index (χ0n) is 16.9. The Morgan fingerprint density at radius 2 is 1.77 bits per heavy atom. The summed E-state index contributed by atoms with van der Waals surface area (Å²) in [4.78, 5) is 21.5. The Balaban J connectivity index is 1.80. The van der Waals surface area contributed by atoms with E-state index in [-0.39, 0.29) is 11.8 Å². The lowest BCUT2D eigenvalue weighted by Gasteiger charge is -2.28. The SMILES string of the molecule is CCc1sc(N(C(=O)C2CCCCC2)c2ccccc2Cl)nc1-c1ccc(Cl)cc1. The number of aryl methyl sites for hydroxylation is 1. The molecule has 0 saturated heterocycles. The summed E-state index contributed by atoms with van der Waals surface area (Å²) in [6.07, 6.45) is 6.09. The average molecular weight is 459 g/mol. The number of rotatable bonds is 5. The van der Waals surface area contributed by atoms with Crippen LogP contribution in [-0.4, -0.2) is 10.9 Å². The predicted molar refractivity (Wildman–Crippen MR) is 127 cm³/mol. The molecule has 6 heteroatoms. The zero-order chi connectivity index (χ0) is 21.1. The Hall–Kier alpha value is -1.88. The molecular formula is C24H24Cl2N2OS. The standard InChI is InChI=1S/C24H24Cl2N2OS/c1-2-21-22(16-12-14-18(25)15-13-16)27-24(30-21)28(20-11-7-6-10-19(20)26)23(29)17-8-4-3-5-9-17/h6-7,10-15,17H,2-5,8-9H2,1H3. The lowest BCUT2D eigenvalue weighted by molar-refractivity contribution is -0.122. The van der Waals surface area contributed by atoms with Gasteiger partial charge >= 0.3 is 0 Å². The van der Waals surface area contributed by atoms with Crippen LogP contribution in [0.5, 0.6) is 0 Å². The Morgan fingerprint density at radius 3 is 2.43 bits per heavy atom. The fourth-order valence-corrected chi connectivity index (χ4v) is 5.38. The molecule has 156 valence electrons. The first-order chi connectivity index (χ1) is 14.6. The maximum atomic E-state index is 13.7. The molecule has 1 fully saturated rings. The second-order valence-electron chi connectivity index (χ2n) is 7.59. The highest BCUT2D eigenvalue weighted by atomic mass is 35.5. The van der Waals surface area contributed by atoms with E-state index in [4.69, 9.17) is 28.2 Å². The minimum atomic E-state index is 0.0166. The first kappa shape index (κ1) is 21.4. The molecule has 1 heterocycles. The van der Waals surface area contributed by atoms with E-state index >= 15 is 0 Å². The Morgan fingerprint density at radius 1 is 1.07 bits per heavy atom. The molecule has 4 rings (SSSR count). The van der Waals surface area contributed by atoms with Gasteiger partial charge in [0.15, 0.2) is 5.13 Å². The lowest BCUT2D eigenvalue weighted by atomic mass is 9.88. The van der Waals surface area contributed by atoms with Gasteiger partial charge in [-0.25, -0.2) is 4.98 Å². The third-order valence-corrected chi connectivity index (χ3v) is 7.34. The predicted octanol–water partition coefficient (Wildman–Crippen LogP) is 7.92. The molecule has 0 unspecified atom stereocenters. The van der Waals surface area contributed by atoms with E-state index < -0.39 is 0 Å². The summed E-state index contributed by atoms with van der Waals surface area (Å²) >= 11 is 14.2. The molecule has 0 atom stereocenters. The first-order valence-corrected chi connectivity index (χ1v) is 12.0. The molecule has 0 N–H and O–H groups in total. The van der Waals surface area contributed by atoms with Gasteiger partial charge in [0.2, 0.25) is 5.91 Å². The van der Waals surface area contributed by atoms with Crippen LogP contribution in [0, 0.1) is 5.92 Å². The van der Waals surface area contributed by atoms with E-state index in [1.165, 1.54) is 6.42 Å². The van der Waals surface area contributed by atoms with Gasteiger partial charge in [0.25, 0.3) is 0 Å². The van der Waals surface area contributed by atoms with Gasteiger partial charge in [0.05, 0.1) is 16.4 Å². The number of hydrogen-bond acceptors (Lipinski definition) is 3. The highest BCUT2D eigenvalue weighted by molar-refractivity contribution is 7.16. The summed E-state index contributed by atoms with van der Waals surface area (Å²) in [5, 5.41) is 1.93. The average Bonchev–Trinajstić information content (AvgIpc) is 3.20.